The van der Waals surface area contributed by atoms with Gasteiger partial charge in [-0.05, 0) is 12.1 Å². The molecule has 0 aliphatic heterocycles. The van der Waals surface area contributed by atoms with Gasteiger partial charge < -0.3 is 15.4 Å². The average molecular weight is 207 g/mol. The molecule has 15 heavy (non-hydrogen) atoms. The standard InChI is InChI=1S/C11H17N3O/c1-12-11(13-2)14-8-9-15-10-6-4-3-5-7-10/h3-7H,8-9H2,1-2H3,(H2,12,13,14). The van der Waals surface area contributed by atoms with Gasteiger partial charge in [-0.25, -0.2) is 0 Å². The van der Waals surface area contributed by atoms with Gasteiger partial charge in [0.2, 0.25) is 0 Å². The number of benzene rings is 1. The van der Waals surface area contributed by atoms with Crippen LogP contribution in [0.3, 0.4) is 0 Å². The van der Waals surface area contributed by atoms with Crippen LogP contribution in [0, 0.1) is 0 Å². The molecule has 1 aromatic carbocycles. The summed E-state index contributed by atoms with van der Waals surface area (Å²) in [6.07, 6.45) is 0. The van der Waals surface area contributed by atoms with Gasteiger partial charge in [-0.15, -0.1) is 0 Å². The smallest absolute Gasteiger partial charge is 0.190 e. The van der Waals surface area contributed by atoms with Gasteiger partial charge in [-0.3, -0.25) is 4.99 Å². The first-order valence-corrected chi connectivity index (χ1v) is 4.93. The Labute approximate surface area is 90.4 Å². The Bertz CT molecular complexity index is 298. The zero-order chi connectivity index (χ0) is 10.9. The quantitative estimate of drug-likeness (QED) is 0.437. The van der Waals surface area contributed by atoms with Crippen LogP contribution in [0.25, 0.3) is 0 Å². The van der Waals surface area contributed by atoms with Crippen molar-refractivity contribution in [3.8, 4) is 5.75 Å². The molecule has 0 radical (unpaired) electrons. The lowest BCUT2D eigenvalue weighted by Gasteiger charge is -2.09. The predicted octanol–water partition coefficient (Wildman–Crippen LogP) is 0.860. The van der Waals surface area contributed by atoms with E-state index in [0.29, 0.717) is 6.61 Å². The number of hydrogen-bond donors (Lipinski definition) is 2. The van der Waals surface area contributed by atoms with Crippen molar-refractivity contribution in [3.63, 3.8) is 0 Å². The minimum atomic E-state index is 0.616. The molecule has 4 nitrogen and oxygen atoms in total. The van der Waals surface area contributed by atoms with Crippen molar-refractivity contribution >= 4 is 5.96 Å². The maximum absolute atomic E-state index is 5.50. The summed E-state index contributed by atoms with van der Waals surface area (Å²) in [4.78, 5) is 3.99. The van der Waals surface area contributed by atoms with Crippen molar-refractivity contribution in [3.05, 3.63) is 30.3 Å². The molecule has 0 unspecified atom stereocenters. The molecule has 0 saturated carbocycles. The second-order valence-corrected chi connectivity index (χ2v) is 2.91. The van der Waals surface area contributed by atoms with Crippen LogP contribution in [-0.2, 0) is 0 Å². The molecule has 0 fully saturated rings. The average Bonchev–Trinajstić information content (AvgIpc) is 2.31. The Morgan fingerprint density at radius 2 is 2.07 bits per heavy atom. The molecule has 0 aliphatic carbocycles. The second kappa shape index (κ2) is 6.70. The first kappa shape index (κ1) is 11.4. The summed E-state index contributed by atoms with van der Waals surface area (Å²) >= 11 is 0. The molecule has 0 heterocycles. The molecule has 2 N–H and O–H groups in total. The third-order valence-electron chi connectivity index (χ3n) is 1.87. The third-order valence-corrected chi connectivity index (χ3v) is 1.87. The van der Waals surface area contributed by atoms with Gasteiger partial charge in [-0.1, -0.05) is 18.2 Å². The highest BCUT2D eigenvalue weighted by atomic mass is 16.5. The summed E-state index contributed by atoms with van der Waals surface area (Å²) in [6, 6.07) is 9.75. The molecule has 1 aromatic rings. The molecule has 82 valence electrons. The van der Waals surface area contributed by atoms with E-state index in [1.54, 1.807) is 7.05 Å². The lowest BCUT2D eigenvalue weighted by atomic mass is 10.3. The molecule has 0 atom stereocenters. The molecule has 4 heteroatoms. The number of nitrogens with zero attached hydrogens (tertiary/aromatic N) is 1. The lowest BCUT2D eigenvalue weighted by molar-refractivity contribution is 0.322. The molecule has 0 saturated heterocycles. The van der Waals surface area contributed by atoms with E-state index in [4.69, 9.17) is 4.74 Å². The minimum absolute atomic E-state index is 0.616. The van der Waals surface area contributed by atoms with Crippen molar-refractivity contribution in [1.29, 1.82) is 0 Å². The van der Waals surface area contributed by atoms with Crippen LogP contribution >= 0.6 is 0 Å². The van der Waals surface area contributed by atoms with Gasteiger partial charge in [0.05, 0.1) is 6.54 Å². The molecular formula is C11H17N3O. The van der Waals surface area contributed by atoms with E-state index in [0.717, 1.165) is 18.3 Å². The van der Waals surface area contributed by atoms with Crippen molar-refractivity contribution < 1.29 is 4.74 Å². The van der Waals surface area contributed by atoms with Crippen LogP contribution in [-0.4, -0.2) is 33.2 Å². The highest BCUT2D eigenvalue weighted by Gasteiger charge is 1.93. The van der Waals surface area contributed by atoms with E-state index >= 15 is 0 Å². The van der Waals surface area contributed by atoms with E-state index in [-0.39, 0.29) is 0 Å². The van der Waals surface area contributed by atoms with Crippen molar-refractivity contribution in [2.45, 2.75) is 0 Å². The number of aliphatic imine (C=N–C) groups is 1. The Hall–Kier alpha value is -1.71. The van der Waals surface area contributed by atoms with E-state index in [9.17, 15) is 0 Å². The fourth-order valence-electron chi connectivity index (χ4n) is 1.13. The summed E-state index contributed by atoms with van der Waals surface area (Å²) in [7, 11) is 3.56. The van der Waals surface area contributed by atoms with E-state index in [2.05, 4.69) is 15.6 Å². The number of hydrogen-bond acceptors (Lipinski definition) is 2. The van der Waals surface area contributed by atoms with Gasteiger partial charge in [-0.2, -0.15) is 0 Å². The Kier molecular flexibility index (Phi) is 5.08. The van der Waals surface area contributed by atoms with Crippen LogP contribution in [0.1, 0.15) is 0 Å². The van der Waals surface area contributed by atoms with Gasteiger partial charge in [0.1, 0.15) is 12.4 Å². The van der Waals surface area contributed by atoms with E-state index in [1.807, 2.05) is 37.4 Å². The summed E-state index contributed by atoms with van der Waals surface area (Å²) in [5.74, 6) is 1.66. The second-order valence-electron chi connectivity index (χ2n) is 2.91. The number of ether oxygens (including phenoxy) is 1. The molecule has 0 bridgehead atoms. The monoisotopic (exact) mass is 207 g/mol. The highest BCUT2D eigenvalue weighted by molar-refractivity contribution is 5.79. The summed E-state index contributed by atoms with van der Waals surface area (Å²) in [6.45, 7) is 1.34. The molecule has 0 aromatic heterocycles. The third kappa shape index (κ3) is 4.35. The summed E-state index contributed by atoms with van der Waals surface area (Å²) in [5, 5.41) is 6.04. The SMILES string of the molecule is CN=C(NC)NCCOc1ccccc1. The highest BCUT2D eigenvalue weighted by Crippen LogP contribution is 2.07. The molecule has 0 aliphatic rings. The zero-order valence-corrected chi connectivity index (χ0v) is 9.16. The molecule has 0 spiro atoms. The number of guanidine groups is 1. The Balaban J connectivity index is 2.17. The largest absolute Gasteiger partial charge is 0.492 e. The van der Waals surface area contributed by atoms with Gasteiger partial charge >= 0.3 is 0 Å². The van der Waals surface area contributed by atoms with E-state index < -0.39 is 0 Å². The van der Waals surface area contributed by atoms with Crippen molar-refractivity contribution in [1.82, 2.24) is 10.6 Å². The Morgan fingerprint density at radius 1 is 1.33 bits per heavy atom. The lowest BCUT2D eigenvalue weighted by Crippen LogP contribution is -2.37. The molecule has 1 rings (SSSR count). The number of rotatable bonds is 4. The van der Waals surface area contributed by atoms with Crippen LogP contribution < -0.4 is 15.4 Å². The fourth-order valence-corrected chi connectivity index (χ4v) is 1.13. The topological polar surface area (TPSA) is 45.7 Å². The van der Waals surface area contributed by atoms with Gasteiger partial charge in [0.15, 0.2) is 5.96 Å². The van der Waals surface area contributed by atoms with Crippen molar-refractivity contribution in [2.24, 2.45) is 4.99 Å². The Morgan fingerprint density at radius 3 is 2.67 bits per heavy atom. The fraction of sp³-hybridized carbons (Fsp3) is 0.364. The van der Waals surface area contributed by atoms with E-state index in [1.165, 1.54) is 0 Å². The predicted molar refractivity (Wildman–Crippen MR) is 62.4 cm³/mol. The maximum Gasteiger partial charge on any atom is 0.190 e. The normalized spacial score (nSPS) is 10.9. The first-order valence-electron chi connectivity index (χ1n) is 4.93. The van der Waals surface area contributed by atoms with Gasteiger partial charge in [0, 0.05) is 14.1 Å². The van der Waals surface area contributed by atoms with Gasteiger partial charge in [0.25, 0.3) is 0 Å². The van der Waals surface area contributed by atoms with Crippen LogP contribution in [0.4, 0.5) is 0 Å². The first-order chi connectivity index (χ1) is 7.36. The van der Waals surface area contributed by atoms with Crippen LogP contribution in [0.5, 0.6) is 5.75 Å². The number of para-hydroxylation sites is 1. The maximum atomic E-state index is 5.50. The van der Waals surface area contributed by atoms with Crippen LogP contribution in [0.2, 0.25) is 0 Å². The molecule has 0 amide bonds. The molecular weight excluding hydrogens is 190 g/mol. The van der Waals surface area contributed by atoms with Crippen molar-refractivity contribution in [2.75, 3.05) is 27.2 Å². The zero-order valence-electron chi connectivity index (χ0n) is 9.16. The summed E-state index contributed by atoms with van der Waals surface area (Å²) < 4.78 is 5.50. The number of nitrogens with one attached hydrogen (secondary N) is 2. The summed E-state index contributed by atoms with van der Waals surface area (Å²) in [5.41, 5.74) is 0. The minimum Gasteiger partial charge on any atom is -0.492 e. The van der Waals surface area contributed by atoms with Crippen LogP contribution in [0.15, 0.2) is 35.3 Å².